The number of fused-ring (bicyclic) bond motifs is 3. The summed E-state index contributed by atoms with van der Waals surface area (Å²) < 4.78 is 5.03. The van der Waals surface area contributed by atoms with Gasteiger partial charge in [0.15, 0.2) is 0 Å². The first-order valence-corrected chi connectivity index (χ1v) is 6.93. The molecule has 0 radical (unpaired) electrons. The van der Waals surface area contributed by atoms with Crippen molar-refractivity contribution in [2.75, 3.05) is 6.61 Å². The van der Waals surface area contributed by atoms with Gasteiger partial charge in [-0.1, -0.05) is 0 Å². The Morgan fingerprint density at radius 3 is 3.15 bits per heavy atom. The number of H-pyrrole nitrogens is 1. The van der Waals surface area contributed by atoms with Crippen molar-refractivity contribution >= 4 is 16.9 Å². The molecule has 0 amide bonds. The second-order valence-electron chi connectivity index (χ2n) is 5.13. The zero-order valence-electron chi connectivity index (χ0n) is 11.4. The number of benzene rings is 1. The van der Waals surface area contributed by atoms with Crippen LogP contribution in [-0.2, 0) is 16.0 Å². The van der Waals surface area contributed by atoms with Crippen LogP contribution in [0.5, 0.6) is 0 Å². The summed E-state index contributed by atoms with van der Waals surface area (Å²) in [6.45, 7) is 2.25. The van der Waals surface area contributed by atoms with Gasteiger partial charge in [-0.15, -0.1) is 0 Å². The molecule has 0 aliphatic heterocycles. The maximum Gasteiger partial charge on any atom is 0.306 e. The largest absolute Gasteiger partial charge is 0.466 e. The number of nitrogens with one attached hydrogen (secondary N) is 1. The first-order chi connectivity index (χ1) is 9.72. The first-order valence-electron chi connectivity index (χ1n) is 6.93. The van der Waals surface area contributed by atoms with Crippen molar-refractivity contribution < 1.29 is 9.53 Å². The minimum Gasteiger partial charge on any atom is -0.466 e. The highest BCUT2D eigenvalue weighted by molar-refractivity contribution is 5.87. The standard InChI is InChI=1S/C16H16N2O2/c1-2-20-15(19)8-11-4-5-12-13-7-10(9-17)3-6-14(13)18-16(11)12/h3,6-7,11,18H,2,4-5,8H2,1H3. The first kappa shape index (κ1) is 12.7. The zero-order chi connectivity index (χ0) is 14.1. The van der Waals surface area contributed by atoms with E-state index < -0.39 is 0 Å². The smallest absolute Gasteiger partial charge is 0.306 e. The van der Waals surface area contributed by atoms with Crippen LogP contribution in [0.1, 0.15) is 42.5 Å². The van der Waals surface area contributed by atoms with Gasteiger partial charge in [-0.2, -0.15) is 5.26 Å². The third-order valence-corrected chi connectivity index (χ3v) is 3.94. The molecule has 4 heteroatoms. The van der Waals surface area contributed by atoms with Crippen LogP contribution < -0.4 is 0 Å². The van der Waals surface area contributed by atoms with Gasteiger partial charge in [0.25, 0.3) is 0 Å². The number of rotatable bonds is 3. The Labute approximate surface area is 117 Å². The fraction of sp³-hybridized carbons (Fsp3) is 0.375. The van der Waals surface area contributed by atoms with Gasteiger partial charge in [-0.25, -0.2) is 0 Å². The average Bonchev–Trinajstić information content (AvgIpc) is 2.98. The summed E-state index contributed by atoms with van der Waals surface area (Å²) in [4.78, 5) is 15.1. The van der Waals surface area contributed by atoms with Gasteiger partial charge in [0, 0.05) is 22.5 Å². The Balaban J connectivity index is 1.94. The second kappa shape index (κ2) is 5.01. The molecule has 0 bridgehead atoms. The number of aromatic amines is 1. The van der Waals surface area contributed by atoms with E-state index >= 15 is 0 Å². The van der Waals surface area contributed by atoms with E-state index in [0.717, 1.165) is 29.4 Å². The Kier molecular flexibility index (Phi) is 3.19. The number of aryl methyl sites for hydroxylation is 1. The van der Waals surface area contributed by atoms with Crippen molar-refractivity contribution in [1.29, 1.82) is 5.26 Å². The highest BCUT2D eigenvalue weighted by Crippen LogP contribution is 2.39. The van der Waals surface area contributed by atoms with Gasteiger partial charge in [0.2, 0.25) is 0 Å². The fourth-order valence-electron chi connectivity index (χ4n) is 3.04. The summed E-state index contributed by atoms with van der Waals surface area (Å²) in [5.41, 5.74) is 4.12. The van der Waals surface area contributed by atoms with Crippen LogP contribution >= 0.6 is 0 Å². The maximum atomic E-state index is 11.6. The number of nitriles is 1. The number of ether oxygens (including phenoxy) is 1. The molecular formula is C16H16N2O2. The highest BCUT2D eigenvalue weighted by atomic mass is 16.5. The number of aromatic nitrogens is 1. The molecule has 4 nitrogen and oxygen atoms in total. The summed E-state index contributed by atoms with van der Waals surface area (Å²) in [5.74, 6) is 0.0729. The van der Waals surface area contributed by atoms with Crippen LogP contribution in [0.2, 0.25) is 0 Å². The lowest BCUT2D eigenvalue weighted by Crippen LogP contribution is -2.08. The lowest BCUT2D eigenvalue weighted by atomic mass is 10.0. The zero-order valence-corrected chi connectivity index (χ0v) is 11.4. The number of carbonyl (C=O) groups excluding carboxylic acids is 1. The van der Waals surface area contributed by atoms with Gasteiger partial charge in [0.05, 0.1) is 24.7 Å². The summed E-state index contributed by atoms with van der Waals surface area (Å²) in [6.07, 6.45) is 2.35. The molecule has 0 saturated carbocycles. The summed E-state index contributed by atoms with van der Waals surface area (Å²) >= 11 is 0. The van der Waals surface area contributed by atoms with Gasteiger partial charge in [0.1, 0.15) is 0 Å². The lowest BCUT2D eigenvalue weighted by Gasteiger charge is -2.08. The number of nitrogens with zero attached hydrogens (tertiary/aromatic N) is 1. The van der Waals surface area contributed by atoms with Crippen molar-refractivity contribution in [2.24, 2.45) is 0 Å². The normalized spacial score (nSPS) is 16.9. The number of carbonyl (C=O) groups is 1. The molecule has 0 fully saturated rings. The number of hydrogen-bond donors (Lipinski definition) is 1. The molecule has 1 aliphatic rings. The van der Waals surface area contributed by atoms with Crippen LogP contribution in [0.4, 0.5) is 0 Å². The molecule has 102 valence electrons. The fourth-order valence-corrected chi connectivity index (χ4v) is 3.04. The Morgan fingerprint density at radius 2 is 2.40 bits per heavy atom. The van der Waals surface area contributed by atoms with Crippen molar-refractivity contribution in [3.63, 3.8) is 0 Å². The molecule has 1 aromatic carbocycles. The third kappa shape index (κ3) is 2.05. The van der Waals surface area contributed by atoms with E-state index in [9.17, 15) is 4.79 Å². The van der Waals surface area contributed by atoms with E-state index in [1.807, 2.05) is 25.1 Å². The van der Waals surface area contributed by atoms with Crippen LogP contribution in [0.15, 0.2) is 18.2 Å². The highest BCUT2D eigenvalue weighted by Gasteiger charge is 2.28. The quantitative estimate of drug-likeness (QED) is 0.870. The minimum atomic E-state index is -0.137. The van der Waals surface area contributed by atoms with Crippen molar-refractivity contribution in [3.8, 4) is 6.07 Å². The van der Waals surface area contributed by atoms with Crippen LogP contribution in [0.3, 0.4) is 0 Å². The molecule has 0 saturated heterocycles. The molecule has 1 atom stereocenters. The van der Waals surface area contributed by atoms with Crippen molar-refractivity contribution in [1.82, 2.24) is 4.98 Å². The van der Waals surface area contributed by atoms with Gasteiger partial charge in [-0.05, 0) is 43.5 Å². The molecule has 1 aromatic heterocycles. The van der Waals surface area contributed by atoms with Gasteiger partial charge in [-0.3, -0.25) is 4.79 Å². The van der Waals surface area contributed by atoms with E-state index in [2.05, 4.69) is 11.1 Å². The summed E-state index contributed by atoms with van der Waals surface area (Å²) in [6, 6.07) is 7.85. The molecule has 1 heterocycles. The minimum absolute atomic E-state index is 0.137. The molecule has 1 N–H and O–H groups in total. The molecule has 0 spiro atoms. The van der Waals surface area contributed by atoms with Crippen LogP contribution in [-0.4, -0.2) is 17.6 Å². The van der Waals surface area contributed by atoms with Crippen molar-refractivity contribution in [3.05, 3.63) is 35.0 Å². The summed E-state index contributed by atoms with van der Waals surface area (Å²) in [5, 5.41) is 10.1. The Morgan fingerprint density at radius 1 is 1.55 bits per heavy atom. The lowest BCUT2D eigenvalue weighted by molar-refractivity contribution is -0.143. The molecular weight excluding hydrogens is 252 g/mol. The topological polar surface area (TPSA) is 65.9 Å². The molecule has 20 heavy (non-hydrogen) atoms. The monoisotopic (exact) mass is 268 g/mol. The number of hydrogen-bond acceptors (Lipinski definition) is 3. The predicted octanol–water partition coefficient (Wildman–Crippen LogP) is 3.02. The van der Waals surface area contributed by atoms with Gasteiger partial charge >= 0.3 is 5.97 Å². The second-order valence-corrected chi connectivity index (χ2v) is 5.13. The Hall–Kier alpha value is -2.28. The Bertz CT molecular complexity index is 709. The average molecular weight is 268 g/mol. The van der Waals surface area contributed by atoms with E-state index in [1.54, 1.807) is 0 Å². The number of esters is 1. The third-order valence-electron chi connectivity index (χ3n) is 3.94. The maximum absolute atomic E-state index is 11.6. The predicted molar refractivity (Wildman–Crippen MR) is 75.3 cm³/mol. The SMILES string of the molecule is CCOC(=O)CC1CCc2c1[nH]c1ccc(C#N)cc21. The van der Waals surface area contributed by atoms with Crippen LogP contribution in [0.25, 0.3) is 10.9 Å². The van der Waals surface area contributed by atoms with Gasteiger partial charge < -0.3 is 9.72 Å². The van der Waals surface area contributed by atoms with Crippen LogP contribution in [0, 0.1) is 11.3 Å². The summed E-state index contributed by atoms with van der Waals surface area (Å²) in [7, 11) is 0. The van der Waals surface area contributed by atoms with E-state index in [1.165, 1.54) is 5.56 Å². The van der Waals surface area contributed by atoms with Crippen molar-refractivity contribution in [2.45, 2.75) is 32.1 Å². The van der Waals surface area contributed by atoms with E-state index in [0.29, 0.717) is 18.6 Å². The van der Waals surface area contributed by atoms with E-state index in [-0.39, 0.29) is 11.9 Å². The molecule has 1 unspecified atom stereocenters. The molecule has 1 aliphatic carbocycles. The molecule has 3 rings (SSSR count). The molecule has 2 aromatic rings. The van der Waals surface area contributed by atoms with E-state index in [4.69, 9.17) is 10.00 Å².